The SMILES string of the molecule is OC(Cc1nccs1)CC(F)(F)F. The second kappa shape index (κ2) is 4.06. The van der Waals surface area contributed by atoms with Crippen molar-refractivity contribution in [3.63, 3.8) is 0 Å². The van der Waals surface area contributed by atoms with Gasteiger partial charge in [-0.15, -0.1) is 11.3 Å². The lowest BCUT2D eigenvalue weighted by atomic mass is 10.2. The lowest BCUT2D eigenvalue weighted by Crippen LogP contribution is -2.21. The summed E-state index contributed by atoms with van der Waals surface area (Å²) in [5.41, 5.74) is 0. The molecule has 6 heteroatoms. The molecule has 0 saturated heterocycles. The van der Waals surface area contributed by atoms with Crippen LogP contribution in [0.25, 0.3) is 0 Å². The van der Waals surface area contributed by atoms with E-state index in [1.807, 2.05) is 0 Å². The van der Waals surface area contributed by atoms with Crippen LogP contribution in [0.15, 0.2) is 11.6 Å². The van der Waals surface area contributed by atoms with Crippen molar-refractivity contribution in [2.45, 2.75) is 25.1 Å². The molecule has 1 rings (SSSR count). The molecule has 0 aromatic carbocycles. The average Bonchev–Trinajstić information content (AvgIpc) is 2.34. The standard InChI is InChI=1S/C7H8F3NOS/c8-7(9,10)4-5(12)3-6-11-1-2-13-6/h1-2,5,12H,3-4H2. The second-order valence-electron chi connectivity index (χ2n) is 2.60. The highest BCUT2D eigenvalue weighted by Gasteiger charge is 2.31. The summed E-state index contributed by atoms with van der Waals surface area (Å²) in [6, 6.07) is 0. The third-order valence-corrected chi connectivity index (χ3v) is 2.16. The van der Waals surface area contributed by atoms with E-state index in [1.54, 1.807) is 5.38 Å². The molecule has 0 spiro atoms. The van der Waals surface area contributed by atoms with Crippen molar-refractivity contribution < 1.29 is 18.3 Å². The Labute approximate surface area is 77.0 Å². The molecule has 0 bridgehead atoms. The predicted molar refractivity (Wildman–Crippen MR) is 42.5 cm³/mol. The van der Waals surface area contributed by atoms with Crippen LogP contribution in [-0.2, 0) is 6.42 Å². The zero-order chi connectivity index (χ0) is 9.90. The fourth-order valence-electron chi connectivity index (χ4n) is 0.895. The van der Waals surface area contributed by atoms with Gasteiger partial charge in [0.1, 0.15) is 0 Å². The molecule has 1 unspecified atom stereocenters. The molecule has 1 atom stereocenters. The van der Waals surface area contributed by atoms with Crippen molar-refractivity contribution >= 4 is 11.3 Å². The summed E-state index contributed by atoms with van der Waals surface area (Å²) in [6.45, 7) is 0. The summed E-state index contributed by atoms with van der Waals surface area (Å²) < 4.78 is 35.3. The van der Waals surface area contributed by atoms with Gasteiger partial charge in [0.15, 0.2) is 0 Å². The lowest BCUT2D eigenvalue weighted by Gasteiger charge is -2.11. The van der Waals surface area contributed by atoms with E-state index in [4.69, 9.17) is 5.11 Å². The van der Waals surface area contributed by atoms with E-state index >= 15 is 0 Å². The van der Waals surface area contributed by atoms with Crippen molar-refractivity contribution in [1.29, 1.82) is 0 Å². The summed E-state index contributed by atoms with van der Waals surface area (Å²) >= 11 is 1.24. The number of alkyl halides is 3. The number of halogens is 3. The normalized spacial score (nSPS) is 14.5. The van der Waals surface area contributed by atoms with Crippen LogP contribution in [0.1, 0.15) is 11.4 Å². The Hall–Kier alpha value is -0.620. The summed E-state index contributed by atoms with van der Waals surface area (Å²) in [4.78, 5) is 3.78. The van der Waals surface area contributed by atoms with Gasteiger partial charge >= 0.3 is 6.18 Å². The summed E-state index contributed by atoms with van der Waals surface area (Å²) in [7, 11) is 0. The van der Waals surface area contributed by atoms with Gasteiger partial charge in [0.25, 0.3) is 0 Å². The van der Waals surface area contributed by atoms with E-state index in [0.717, 1.165) is 0 Å². The molecular formula is C7H8F3NOS. The van der Waals surface area contributed by atoms with Gasteiger partial charge < -0.3 is 5.11 Å². The molecule has 0 aliphatic rings. The maximum Gasteiger partial charge on any atom is 0.391 e. The fraction of sp³-hybridized carbons (Fsp3) is 0.571. The molecule has 0 aliphatic carbocycles. The number of aliphatic hydroxyl groups is 1. The maximum atomic E-state index is 11.8. The van der Waals surface area contributed by atoms with Crippen molar-refractivity contribution in [2.75, 3.05) is 0 Å². The van der Waals surface area contributed by atoms with Crippen LogP contribution in [0.5, 0.6) is 0 Å². The molecular weight excluding hydrogens is 203 g/mol. The lowest BCUT2D eigenvalue weighted by molar-refractivity contribution is -0.153. The number of nitrogens with zero attached hydrogens (tertiary/aromatic N) is 1. The highest BCUT2D eigenvalue weighted by atomic mass is 32.1. The third kappa shape index (κ3) is 4.23. The fourth-order valence-corrected chi connectivity index (χ4v) is 1.58. The van der Waals surface area contributed by atoms with Crippen LogP contribution in [0.4, 0.5) is 13.2 Å². The first-order valence-electron chi connectivity index (χ1n) is 3.60. The Morgan fingerprint density at radius 1 is 1.54 bits per heavy atom. The van der Waals surface area contributed by atoms with E-state index in [9.17, 15) is 13.2 Å². The van der Waals surface area contributed by atoms with Crippen LogP contribution >= 0.6 is 11.3 Å². The number of aliphatic hydroxyl groups excluding tert-OH is 1. The minimum atomic E-state index is -4.31. The molecule has 0 fully saturated rings. The van der Waals surface area contributed by atoms with Crippen LogP contribution in [0, 0.1) is 0 Å². The molecule has 1 aromatic heterocycles. The van der Waals surface area contributed by atoms with Crippen LogP contribution in [0.2, 0.25) is 0 Å². The number of hydrogen-bond donors (Lipinski definition) is 1. The first kappa shape index (κ1) is 10.5. The van der Waals surface area contributed by atoms with E-state index in [1.165, 1.54) is 17.5 Å². The minimum absolute atomic E-state index is 0.0306. The van der Waals surface area contributed by atoms with Crippen LogP contribution < -0.4 is 0 Å². The highest BCUT2D eigenvalue weighted by molar-refractivity contribution is 7.09. The van der Waals surface area contributed by atoms with Gasteiger partial charge in [-0.3, -0.25) is 0 Å². The number of aromatic nitrogens is 1. The molecule has 74 valence electrons. The molecule has 2 nitrogen and oxygen atoms in total. The molecule has 0 radical (unpaired) electrons. The first-order valence-corrected chi connectivity index (χ1v) is 4.48. The monoisotopic (exact) mass is 211 g/mol. The quantitative estimate of drug-likeness (QED) is 0.829. The van der Waals surface area contributed by atoms with Crippen molar-refractivity contribution in [3.05, 3.63) is 16.6 Å². The molecule has 0 aliphatic heterocycles. The van der Waals surface area contributed by atoms with E-state index in [-0.39, 0.29) is 6.42 Å². The van der Waals surface area contributed by atoms with E-state index in [0.29, 0.717) is 5.01 Å². The number of rotatable bonds is 3. The molecule has 1 heterocycles. The van der Waals surface area contributed by atoms with Gasteiger partial charge in [-0.25, -0.2) is 4.98 Å². The topological polar surface area (TPSA) is 33.1 Å². The highest BCUT2D eigenvalue weighted by Crippen LogP contribution is 2.23. The molecule has 1 aromatic rings. The average molecular weight is 211 g/mol. The minimum Gasteiger partial charge on any atom is -0.392 e. The summed E-state index contributed by atoms with van der Waals surface area (Å²) in [5.74, 6) is 0. The molecule has 0 amide bonds. The number of hydrogen-bond acceptors (Lipinski definition) is 3. The van der Waals surface area contributed by atoms with Gasteiger partial charge in [0.2, 0.25) is 0 Å². The van der Waals surface area contributed by atoms with Gasteiger partial charge in [-0.05, 0) is 0 Å². The zero-order valence-corrected chi connectivity index (χ0v) is 7.40. The molecule has 13 heavy (non-hydrogen) atoms. The van der Waals surface area contributed by atoms with E-state index in [2.05, 4.69) is 4.98 Å². The van der Waals surface area contributed by atoms with Gasteiger partial charge in [-0.1, -0.05) is 0 Å². The van der Waals surface area contributed by atoms with Crippen molar-refractivity contribution in [3.8, 4) is 0 Å². The van der Waals surface area contributed by atoms with Gasteiger partial charge in [-0.2, -0.15) is 13.2 Å². The Kier molecular flexibility index (Phi) is 3.27. The predicted octanol–water partition coefficient (Wildman–Crippen LogP) is 2.00. The Bertz CT molecular complexity index is 247. The number of thiazole rings is 1. The smallest absolute Gasteiger partial charge is 0.391 e. The first-order chi connectivity index (χ1) is 5.97. The summed E-state index contributed by atoms with van der Waals surface area (Å²) in [6.07, 6.45) is -5.40. The van der Waals surface area contributed by atoms with Crippen molar-refractivity contribution in [1.82, 2.24) is 4.98 Å². The largest absolute Gasteiger partial charge is 0.392 e. The molecule has 1 N–H and O–H groups in total. The van der Waals surface area contributed by atoms with Gasteiger partial charge in [0, 0.05) is 18.0 Å². The summed E-state index contributed by atoms with van der Waals surface area (Å²) in [5, 5.41) is 11.2. The second-order valence-corrected chi connectivity index (χ2v) is 3.58. The Balaban J connectivity index is 2.38. The van der Waals surface area contributed by atoms with Crippen LogP contribution in [-0.4, -0.2) is 22.4 Å². The third-order valence-electron chi connectivity index (χ3n) is 1.36. The van der Waals surface area contributed by atoms with Gasteiger partial charge in [0.05, 0.1) is 17.5 Å². The maximum absolute atomic E-state index is 11.8. The Morgan fingerprint density at radius 2 is 2.23 bits per heavy atom. The van der Waals surface area contributed by atoms with Crippen LogP contribution in [0.3, 0.4) is 0 Å². The zero-order valence-electron chi connectivity index (χ0n) is 6.58. The van der Waals surface area contributed by atoms with E-state index < -0.39 is 18.7 Å². The molecule has 0 saturated carbocycles. The van der Waals surface area contributed by atoms with Crippen molar-refractivity contribution in [2.24, 2.45) is 0 Å². The Morgan fingerprint density at radius 3 is 2.69 bits per heavy atom.